The van der Waals surface area contributed by atoms with Crippen LogP contribution in [-0.4, -0.2) is 12.0 Å². The summed E-state index contributed by atoms with van der Waals surface area (Å²) in [5.74, 6) is 0. The first-order valence-electron chi connectivity index (χ1n) is 6.42. The molecule has 2 N–H and O–H groups in total. The molecule has 0 aliphatic heterocycles. The van der Waals surface area contributed by atoms with E-state index in [2.05, 4.69) is 33.2 Å². The number of anilines is 2. The van der Waals surface area contributed by atoms with E-state index in [9.17, 15) is 0 Å². The Bertz CT molecular complexity index is 713. The first kappa shape index (κ1) is 12.8. The maximum atomic E-state index is 4.49. The third-order valence-corrected chi connectivity index (χ3v) is 3.89. The van der Waals surface area contributed by atoms with Gasteiger partial charge in [-0.25, -0.2) is 0 Å². The van der Waals surface area contributed by atoms with Crippen LogP contribution < -0.4 is 10.0 Å². The van der Waals surface area contributed by atoms with Gasteiger partial charge in [0.1, 0.15) is 0 Å². The minimum atomic E-state index is 0.975. The Morgan fingerprint density at radius 2 is 1.75 bits per heavy atom. The van der Waals surface area contributed by atoms with Gasteiger partial charge >= 0.3 is 0 Å². The van der Waals surface area contributed by atoms with E-state index in [1.54, 1.807) is 11.9 Å². The molecule has 0 atom stereocenters. The molecule has 3 rings (SSSR count). The number of nitrogens with zero attached hydrogens (tertiary/aromatic N) is 1. The number of para-hydroxylation sites is 1. The summed E-state index contributed by atoms with van der Waals surface area (Å²) in [4.78, 5) is 5.66. The molecule has 0 saturated carbocycles. The van der Waals surface area contributed by atoms with Crippen molar-refractivity contribution in [2.45, 2.75) is 4.90 Å². The summed E-state index contributed by atoms with van der Waals surface area (Å²) >= 11 is 1.59. The molecule has 0 aliphatic carbocycles. The highest BCUT2D eigenvalue weighted by atomic mass is 32.2. The van der Waals surface area contributed by atoms with Crippen molar-refractivity contribution in [2.75, 3.05) is 17.1 Å². The fraction of sp³-hybridized carbons (Fsp3) is 0.0625. The molecule has 0 saturated heterocycles. The zero-order valence-corrected chi connectivity index (χ0v) is 11.9. The number of pyridine rings is 1. The Morgan fingerprint density at radius 3 is 2.55 bits per heavy atom. The van der Waals surface area contributed by atoms with Crippen molar-refractivity contribution in [1.29, 1.82) is 0 Å². The second-order valence-electron chi connectivity index (χ2n) is 4.33. The molecular formula is C16H15N3S. The van der Waals surface area contributed by atoms with E-state index >= 15 is 0 Å². The van der Waals surface area contributed by atoms with Gasteiger partial charge < -0.3 is 10.0 Å². The van der Waals surface area contributed by atoms with Crippen LogP contribution in [0.4, 0.5) is 11.4 Å². The number of hydrogen-bond acceptors (Lipinski definition) is 4. The maximum absolute atomic E-state index is 4.49. The van der Waals surface area contributed by atoms with E-state index < -0.39 is 0 Å². The molecule has 0 bridgehead atoms. The van der Waals surface area contributed by atoms with Gasteiger partial charge in [0, 0.05) is 29.2 Å². The predicted molar refractivity (Wildman–Crippen MR) is 87.2 cm³/mol. The lowest BCUT2D eigenvalue weighted by atomic mass is 10.1. The molecular weight excluding hydrogens is 266 g/mol. The summed E-state index contributed by atoms with van der Waals surface area (Å²) in [5.41, 5.74) is 3.08. The number of hydrogen-bond donors (Lipinski definition) is 2. The van der Waals surface area contributed by atoms with Crippen molar-refractivity contribution in [3.63, 3.8) is 0 Å². The first-order valence-corrected chi connectivity index (χ1v) is 7.23. The smallest absolute Gasteiger partial charge is 0.0962 e. The average Bonchev–Trinajstić information content (AvgIpc) is 2.53. The highest BCUT2D eigenvalue weighted by Crippen LogP contribution is 2.30. The predicted octanol–water partition coefficient (Wildman–Crippen LogP) is 4.40. The van der Waals surface area contributed by atoms with Crippen molar-refractivity contribution >= 4 is 34.2 Å². The molecule has 2 aromatic carbocycles. The number of fused-ring (bicyclic) bond motifs is 1. The van der Waals surface area contributed by atoms with Crippen molar-refractivity contribution in [1.82, 2.24) is 4.98 Å². The Morgan fingerprint density at radius 1 is 0.900 bits per heavy atom. The molecule has 100 valence electrons. The minimum Gasteiger partial charge on any atom is -0.388 e. The monoisotopic (exact) mass is 281 g/mol. The quantitative estimate of drug-likeness (QED) is 0.695. The first-order chi connectivity index (χ1) is 9.88. The van der Waals surface area contributed by atoms with Gasteiger partial charge in [-0.1, -0.05) is 30.3 Å². The average molecular weight is 281 g/mol. The third-order valence-electron chi connectivity index (χ3n) is 3.06. The van der Waals surface area contributed by atoms with Crippen LogP contribution in [0.5, 0.6) is 0 Å². The van der Waals surface area contributed by atoms with E-state index in [0.29, 0.717) is 0 Å². The molecule has 20 heavy (non-hydrogen) atoms. The van der Waals surface area contributed by atoms with Gasteiger partial charge in [0.15, 0.2) is 0 Å². The molecule has 0 spiro atoms. The van der Waals surface area contributed by atoms with Gasteiger partial charge in [0.2, 0.25) is 0 Å². The Labute approximate surface area is 122 Å². The van der Waals surface area contributed by atoms with Crippen LogP contribution in [-0.2, 0) is 0 Å². The van der Waals surface area contributed by atoms with Gasteiger partial charge in [-0.3, -0.25) is 4.98 Å². The minimum absolute atomic E-state index is 0.975. The van der Waals surface area contributed by atoms with E-state index in [1.807, 2.05) is 49.6 Å². The van der Waals surface area contributed by atoms with Crippen LogP contribution in [0, 0.1) is 0 Å². The van der Waals surface area contributed by atoms with E-state index in [-0.39, 0.29) is 0 Å². The van der Waals surface area contributed by atoms with E-state index in [0.717, 1.165) is 22.3 Å². The van der Waals surface area contributed by atoms with Gasteiger partial charge in [0.05, 0.1) is 11.2 Å². The van der Waals surface area contributed by atoms with Gasteiger partial charge in [-0.2, -0.15) is 0 Å². The topological polar surface area (TPSA) is 37.0 Å². The zero-order valence-electron chi connectivity index (χ0n) is 11.1. The van der Waals surface area contributed by atoms with Crippen molar-refractivity contribution in [3.8, 4) is 0 Å². The molecule has 4 heteroatoms. The Balaban J connectivity index is 1.92. The summed E-state index contributed by atoms with van der Waals surface area (Å²) in [6.45, 7) is 0. The van der Waals surface area contributed by atoms with Crippen LogP contribution >= 0.6 is 11.9 Å². The molecule has 0 unspecified atom stereocenters. The summed E-state index contributed by atoms with van der Waals surface area (Å²) in [7, 11) is 1.92. The molecule has 3 nitrogen and oxygen atoms in total. The van der Waals surface area contributed by atoms with Crippen LogP contribution in [0.25, 0.3) is 10.9 Å². The summed E-state index contributed by atoms with van der Waals surface area (Å²) in [5, 5.41) is 4.32. The van der Waals surface area contributed by atoms with Crippen LogP contribution in [0.3, 0.4) is 0 Å². The Kier molecular flexibility index (Phi) is 3.74. The van der Waals surface area contributed by atoms with Crippen molar-refractivity contribution in [2.24, 2.45) is 0 Å². The number of aromatic nitrogens is 1. The SMILES string of the molecule is CNc1ccnc2c(NSc3ccccc3)cccc12. The highest BCUT2D eigenvalue weighted by Gasteiger charge is 2.05. The molecule has 0 fully saturated rings. The second kappa shape index (κ2) is 5.84. The lowest BCUT2D eigenvalue weighted by Gasteiger charge is -2.10. The summed E-state index contributed by atoms with van der Waals surface area (Å²) < 4.78 is 3.38. The third kappa shape index (κ3) is 2.56. The van der Waals surface area contributed by atoms with E-state index in [1.165, 1.54) is 4.90 Å². The van der Waals surface area contributed by atoms with Gasteiger partial charge in [-0.15, -0.1) is 0 Å². The number of nitrogens with one attached hydrogen (secondary N) is 2. The summed E-state index contributed by atoms with van der Waals surface area (Å²) in [6, 6.07) is 18.4. The maximum Gasteiger partial charge on any atom is 0.0962 e. The van der Waals surface area contributed by atoms with Gasteiger partial charge in [0.25, 0.3) is 0 Å². The molecule has 0 radical (unpaired) electrons. The zero-order chi connectivity index (χ0) is 13.8. The fourth-order valence-electron chi connectivity index (χ4n) is 2.08. The number of rotatable bonds is 4. The number of benzene rings is 2. The second-order valence-corrected chi connectivity index (χ2v) is 5.21. The van der Waals surface area contributed by atoms with Crippen molar-refractivity contribution in [3.05, 3.63) is 60.8 Å². The molecule has 0 amide bonds. The fourth-order valence-corrected chi connectivity index (χ4v) is 2.76. The van der Waals surface area contributed by atoms with Crippen molar-refractivity contribution < 1.29 is 0 Å². The van der Waals surface area contributed by atoms with E-state index in [4.69, 9.17) is 0 Å². The molecule has 3 aromatic rings. The molecule has 1 heterocycles. The summed E-state index contributed by atoms with van der Waals surface area (Å²) in [6.07, 6.45) is 1.83. The molecule has 1 aromatic heterocycles. The van der Waals surface area contributed by atoms with Crippen LogP contribution in [0.15, 0.2) is 65.7 Å². The van der Waals surface area contributed by atoms with Crippen LogP contribution in [0.2, 0.25) is 0 Å². The largest absolute Gasteiger partial charge is 0.388 e. The highest BCUT2D eigenvalue weighted by molar-refractivity contribution is 8.00. The van der Waals surface area contributed by atoms with Crippen LogP contribution in [0.1, 0.15) is 0 Å². The lowest BCUT2D eigenvalue weighted by molar-refractivity contribution is 1.39. The standard InChI is InChI=1S/C16H15N3S/c1-17-14-10-11-18-16-13(14)8-5-9-15(16)19-20-12-6-3-2-4-7-12/h2-11,19H,1H3,(H,17,18). The lowest BCUT2D eigenvalue weighted by Crippen LogP contribution is -1.94. The Hall–Kier alpha value is -2.20. The van der Waals surface area contributed by atoms with Gasteiger partial charge in [-0.05, 0) is 36.2 Å². The normalized spacial score (nSPS) is 10.4. The molecule has 0 aliphatic rings.